The van der Waals surface area contributed by atoms with Crippen LogP contribution in [0.1, 0.15) is 37.7 Å². The highest BCUT2D eigenvalue weighted by atomic mass is 35.5. The first kappa shape index (κ1) is 36.1. The summed E-state index contributed by atoms with van der Waals surface area (Å²) in [6.45, 7) is 0.440. The van der Waals surface area contributed by atoms with Gasteiger partial charge in [0.15, 0.2) is 11.6 Å². The molecule has 0 aliphatic heterocycles. The molecule has 0 amide bonds. The fourth-order valence-electron chi connectivity index (χ4n) is 6.85. The van der Waals surface area contributed by atoms with Crippen molar-refractivity contribution in [1.82, 2.24) is 49.5 Å². The Balaban J connectivity index is 1.00. The van der Waals surface area contributed by atoms with Crippen LogP contribution in [-0.2, 0) is 13.6 Å². The maximum Gasteiger partial charge on any atom is 0.156 e. The predicted octanol–water partition coefficient (Wildman–Crippen LogP) is 9.38. The molecule has 6 heterocycles. The van der Waals surface area contributed by atoms with E-state index in [1.165, 1.54) is 6.42 Å². The molecule has 6 aromatic heterocycles. The molecule has 2 aromatic carbocycles. The average molecular weight is 830 g/mol. The van der Waals surface area contributed by atoms with Gasteiger partial charge in [0, 0.05) is 64.2 Å². The molecule has 2 aliphatic carbocycles. The lowest BCUT2D eigenvalue weighted by Crippen LogP contribution is -2.14. The van der Waals surface area contributed by atoms with Crippen molar-refractivity contribution >= 4 is 80.2 Å². The zero-order chi connectivity index (χ0) is 38.8. The SMILES string of the molecule is Cn1ccc(-c2nc(N)c(SC3CCC3)nc2-c2cc(Cl)c3ncc(Cn4ccc(-c5nc(N)c(SC6CC6)nc5-c5cc(Cl)c6ncccc6c5)n4)cc3c2)n1. The minimum Gasteiger partial charge on any atom is -0.381 e. The summed E-state index contributed by atoms with van der Waals surface area (Å²) in [6.07, 6.45) is 13.1. The van der Waals surface area contributed by atoms with E-state index in [-0.39, 0.29) is 0 Å². The van der Waals surface area contributed by atoms with Gasteiger partial charge < -0.3 is 11.5 Å². The summed E-state index contributed by atoms with van der Waals surface area (Å²) in [4.78, 5) is 29.2. The number of hydrogen-bond donors (Lipinski definition) is 2. The highest BCUT2D eigenvalue weighted by Gasteiger charge is 2.27. The second kappa shape index (κ2) is 14.6. The summed E-state index contributed by atoms with van der Waals surface area (Å²) in [5, 5.41) is 14.8. The monoisotopic (exact) mass is 828 g/mol. The van der Waals surface area contributed by atoms with Crippen molar-refractivity contribution in [3.8, 4) is 45.3 Å². The number of halogens is 2. The van der Waals surface area contributed by atoms with E-state index in [0.717, 1.165) is 63.7 Å². The van der Waals surface area contributed by atoms with Crippen molar-refractivity contribution in [2.45, 2.75) is 59.2 Å². The number of pyridine rings is 2. The maximum absolute atomic E-state index is 6.93. The third kappa shape index (κ3) is 7.15. The standard InChI is InChI=1S/C41H34Cl2N12S2/c1-54-12-9-30(52-54)36-35(51-40(38(44)48-36)56-26-5-2-6-26)25-16-23-14-21(19-47-33(23)29(43)18-25)20-55-13-10-31(53-55)37-34(50-41(39(45)49-37)57-27-7-8-27)24-15-22-4-3-11-46-32(22)28(42)17-24/h3-4,9-19,26-27H,2,5-8,20H2,1H3,(H2,44,48)(H2,45,49). The van der Waals surface area contributed by atoms with Crippen LogP contribution in [0, 0.1) is 0 Å². The van der Waals surface area contributed by atoms with Crippen molar-refractivity contribution < 1.29 is 0 Å². The van der Waals surface area contributed by atoms with Crippen LogP contribution < -0.4 is 11.5 Å². The fraction of sp³-hybridized carbons (Fsp3) is 0.220. The number of thioether (sulfide) groups is 2. The third-order valence-electron chi connectivity index (χ3n) is 10.1. The Hall–Kier alpha value is -5.28. The quantitative estimate of drug-likeness (QED) is 0.134. The Bertz CT molecular complexity index is 2870. The Morgan fingerprint density at radius 3 is 1.91 bits per heavy atom. The first-order valence-electron chi connectivity index (χ1n) is 18.6. The third-order valence-corrected chi connectivity index (χ3v) is 13.3. The summed E-state index contributed by atoms with van der Waals surface area (Å²) in [5.74, 6) is 0.781. The van der Waals surface area contributed by atoms with Crippen LogP contribution in [0.2, 0.25) is 10.0 Å². The average Bonchev–Trinajstić information content (AvgIpc) is 3.70. The lowest BCUT2D eigenvalue weighted by atomic mass is 10.0. The number of nitrogen functional groups attached to an aromatic ring is 2. The summed E-state index contributed by atoms with van der Waals surface area (Å²) >= 11 is 17.0. The van der Waals surface area contributed by atoms with Crippen LogP contribution in [-0.4, -0.2) is 60.0 Å². The highest BCUT2D eigenvalue weighted by Crippen LogP contribution is 2.44. The lowest BCUT2D eigenvalue weighted by molar-refractivity contribution is 0.521. The number of hydrogen-bond acceptors (Lipinski definition) is 12. The van der Waals surface area contributed by atoms with Crippen LogP contribution in [0.15, 0.2) is 89.4 Å². The number of fused-ring (bicyclic) bond motifs is 2. The van der Waals surface area contributed by atoms with Gasteiger partial charge in [0.25, 0.3) is 0 Å². The normalized spacial score (nSPS) is 14.4. The van der Waals surface area contributed by atoms with Gasteiger partial charge in [-0.05, 0) is 79.8 Å². The second-order valence-corrected chi connectivity index (χ2v) is 17.8. The number of nitrogens with two attached hydrogens (primary N) is 2. The van der Waals surface area contributed by atoms with Gasteiger partial charge in [0.1, 0.15) is 32.8 Å². The molecule has 16 heteroatoms. The molecule has 2 saturated carbocycles. The molecule has 0 radical (unpaired) electrons. The summed E-state index contributed by atoms with van der Waals surface area (Å²) in [6, 6.07) is 17.6. The van der Waals surface area contributed by atoms with E-state index in [4.69, 9.17) is 64.7 Å². The minimum absolute atomic E-state index is 0.380. The molecule has 2 aliphatic rings. The molecular formula is C41H34Cl2N12S2. The minimum atomic E-state index is 0.380. The largest absolute Gasteiger partial charge is 0.381 e. The second-order valence-electron chi connectivity index (χ2n) is 14.4. The van der Waals surface area contributed by atoms with Crippen LogP contribution in [0.3, 0.4) is 0 Å². The molecule has 8 aromatic rings. The van der Waals surface area contributed by atoms with E-state index in [9.17, 15) is 0 Å². The van der Waals surface area contributed by atoms with Gasteiger partial charge in [-0.15, -0.1) is 0 Å². The summed E-state index contributed by atoms with van der Waals surface area (Å²) in [7, 11) is 1.87. The maximum atomic E-state index is 6.93. The molecule has 4 N–H and O–H groups in total. The van der Waals surface area contributed by atoms with Crippen molar-refractivity contribution in [3.63, 3.8) is 0 Å². The molecule has 0 unspecified atom stereocenters. The van der Waals surface area contributed by atoms with E-state index in [0.29, 0.717) is 83.4 Å². The van der Waals surface area contributed by atoms with Gasteiger partial charge in [-0.1, -0.05) is 59.2 Å². The van der Waals surface area contributed by atoms with Crippen LogP contribution in [0.4, 0.5) is 11.6 Å². The fourth-order valence-corrected chi connectivity index (χ4v) is 9.60. The Kier molecular flexibility index (Phi) is 9.23. The van der Waals surface area contributed by atoms with Gasteiger partial charge in [0.05, 0.1) is 39.0 Å². The van der Waals surface area contributed by atoms with Gasteiger partial charge >= 0.3 is 0 Å². The first-order chi connectivity index (χ1) is 27.7. The highest BCUT2D eigenvalue weighted by molar-refractivity contribution is 8.00. The lowest BCUT2D eigenvalue weighted by Gasteiger charge is -2.24. The molecule has 0 spiro atoms. The Morgan fingerprint density at radius 1 is 0.684 bits per heavy atom. The number of nitrogens with zero attached hydrogens (tertiary/aromatic N) is 10. The summed E-state index contributed by atoms with van der Waals surface area (Å²) < 4.78 is 3.59. The predicted molar refractivity (Wildman–Crippen MR) is 229 cm³/mol. The van der Waals surface area contributed by atoms with Crippen LogP contribution in [0.25, 0.3) is 67.1 Å². The molecule has 0 atom stereocenters. The smallest absolute Gasteiger partial charge is 0.156 e. The molecule has 57 heavy (non-hydrogen) atoms. The number of aromatic nitrogens is 10. The Labute approximate surface area is 345 Å². The van der Waals surface area contributed by atoms with Gasteiger partial charge in [-0.25, -0.2) is 19.9 Å². The molecule has 0 bridgehead atoms. The van der Waals surface area contributed by atoms with Crippen molar-refractivity contribution in [2.75, 3.05) is 11.5 Å². The van der Waals surface area contributed by atoms with Gasteiger partial charge in [0.2, 0.25) is 0 Å². The van der Waals surface area contributed by atoms with Gasteiger partial charge in [-0.2, -0.15) is 10.2 Å². The molecular weight excluding hydrogens is 796 g/mol. The van der Waals surface area contributed by atoms with Gasteiger partial charge in [-0.3, -0.25) is 19.3 Å². The number of benzene rings is 2. The van der Waals surface area contributed by atoms with E-state index in [2.05, 4.69) is 16.1 Å². The first-order valence-corrected chi connectivity index (χ1v) is 21.1. The topological polar surface area (TPSA) is 165 Å². The van der Waals surface area contributed by atoms with Crippen molar-refractivity contribution in [3.05, 3.63) is 95.0 Å². The summed E-state index contributed by atoms with van der Waals surface area (Å²) in [5.41, 5.74) is 20.8. The molecule has 0 saturated heterocycles. The zero-order valence-electron chi connectivity index (χ0n) is 30.6. The van der Waals surface area contributed by atoms with E-state index < -0.39 is 0 Å². The van der Waals surface area contributed by atoms with Crippen LogP contribution >= 0.6 is 46.7 Å². The molecule has 2 fully saturated rings. The van der Waals surface area contributed by atoms with E-state index in [1.807, 2.05) is 78.9 Å². The Morgan fingerprint density at radius 2 is 1.30 bits per heavy atom. The molecule has 12 nitrogen and oxygen atoms in total. The van der Waals surface area contributed by atoms with E-state index in [1.54, 1.807) is 34.4 Å². The number of aryl methyl sites for hydroxylation is 1. The zero-order valence-corrected chi connectivity index (χ0v) is 33.7. The number of anilines is 2. The number of rotatable bonds is 10. The van der Waals surface area contributed by atoms with Crippen LogP contribution in [0.5, 0.6) is 0 Å². The molecule has 10 rings (SSSR count). The molecule has 284 valence electrons. The van der Waals surface area contributed by atoms with Crippen molar-refractivity contribution in [2.24, 2.45) is 7.05 Å². The van der Waals surface area contributed by atoms with E-state index >= 15 is 0 Å². The van der Waals surface area contributed by atoms with Crippen molar-refractivity contribution in [1.29, 1.82) is 0 Å².